The Morgan fingerprint density at radius 1 is 0.750 bits per heavy atom. The van der Waals surface area contributed by atoms with Gasteiger partial charge >= 0.3 is 0 Å². The number of nitrogens with one attached hydrogen (secondary N) is 1. The maximum atomic E-state index is 4.74. The quantitative estimate of drug-likeness (QED) is 0.320. The first-order valence-corrected chi connectivity index (χ1v) is 7.96. The van der Waals surface area contributed by atoms with E-state index in [4.69, 9.17) is 4.98 Å². The van der Waals surface area contributed by atoms with Gasteiger partial charge in [-0.3, -0.25) is 5.43 Å². The number of hydrogen-bond acceptors (Lipinski definition) is 3. The maximum absolute atomic E-state index is 4.74. The van der Waals surface area contributed by atoms with E-state index in [0.29, 0.717) is 0 Å². The minimum absolute atomic E-state index is 0.945. The SMILES string of the molecule is C/C(=N\Nc1c2ccccc2nc2ccccc12)c1ccccc1. The second kappa shape index (κ2) is 6.13. The lowest BCUT2D eigenvalue weighted by Crippen LogP contribution is -2.01. The maximum Gasteiger partial charge on any atom is 0.0749 e. The summed E-state index contributed by atoms with van der Waals surface area (Å²) in [6.45, 7) is 2.01. The number of anilines is 1. The molecule has 1 heterocycles. The van der Waals surface area contributed by atoms with Gasteiger partial charge in [0.05, 0.1) is 22.4 Å². The van der Waals surface area contributed by atoms with E-state index in [1.54, 1.807) is 0 Å². The zero-order valence-corrected chi connectivity index (χ0v) is 13.4. The van der Waals surface area contributed by atoms with Crippen LogP contribution in [-0.4, -0.2) is 10.7 Å². The number of nitrogens with zero attached hydrogens (tertiary/aromatic N) is 2. The van der Waals surface area contributed by atoms with E-state index < -0.39 is 0 Å². The Kier molecular flexibility index (Phi) is 3.67. The summed E-state index contributed by atoms with van der Waals surface area (Å²) in [5.74, 6) is 0. The average Bonchev–Trinajstić information content (AvgIpc) is 2.65. The van der Waals surface area contributed by atoms with Crippen LogP contribution in [0.25, 0.3) is 21.8 Å². The van der Waals surface area contributed by atoms with Crippen molar-refractivity contribution in [3.05, 3.63) is 84.4 Å². The van der Waals surface area contributed by atoms with Gasteiger partial charge in [0.1, 0.15) is 0 Å². The Balaban J connectivity index is 1.85. The third-order valence-electron chi connectivity index (χ3n) is 4.11. The molecule has 3 heteroatoms. The smallest absolute Gasteiger partial charge is 0.0749 e. The lowest BCUT2D eigenvalue weighted by molar-refractivity contribution is 1.33. The molecule has 0 radical (unpaired) electrons. The summed E-state index contributed by atoms with van der Waals surface area (Å²) in [6.07, 6.45) is 0. The molecule has 116 valence electrons. The minimum Gasteiger partial charge on any atom is -0.277 e. The van der Waals surface area contributed by atoms with Gasteiger partial charge in [0.25, 0.3) is 0 Å². The molecule has 0 bridgehead atoms. The van der Waals surface area contributed by atoms with Crippen molar-refractivity contribution in [1.82, 2.24) is 4.98 Å². The summed E-state index contributed by atoms with van der Waals surface area (Å²) >= 11 is 0. The summed E-state index contributed by atoms with van der Waals surface area (Å²) in [5.41, 5.74) is 8.25. The Labute approximate surface area is 140 Å². The highest BCUT2D eigenvalue weighted by Gasteiger charge is 2.08. The van der Waals surface area contributed by atoms with Crippen LogP contribution in [0.5, 0.6) is 0 Å². The first-order valence-electron chi connectivity index (χ1n) is 7.96. The van der Waals surface area contributed by atoms with Gasteiger partial charge in [0, 0.05) is 10.8 Å². The fourth-order valence-electron chi connectivity index (χ4n) is 2.84. The highest BCUT2D eigenvalue weighted by Crippen LogP contribution is 2.30. The van der Waals surface area contributed by atoms with E-state index >= 15 is 0 Å². The molecule has 0 amide bonds. The van der Waals surface area contributed by atoms with Crippen LogP contribution in [0.2, 0.25) is 0 Å². The third-order valence-corrected chi connectivity index (χ3v) is 4.11. The molecule has 0 fully saturated rings. The van der Waals surface area contributed by atoms with Crippen molar-refractivity contribution >= 4 is 33.2 Å². The van der Waals surface area contributed by atoms with Crippen LogP contribution in [0.3, 0.4) is 0 Å². The molecule has 0 spiro atoms. The molecule has 4 rings (SSSR count). The minimum atomic E-state index is 0.945. The standard InChI is InChI=1S/C21H17N3/c1-15(16-9-3-2-4-10-16)23-24-21-17-11-5-7-13-19(17)22-20-14-8-6-12-18(20)21/h2-14H,1H3,(H,22,24)/b23-15+. The normalized spacial score (nSPS) is 11.8. The number of rotatable bonds is 3. The molecule has 0 aliphatic rings. The summed E-state index contributed by atoms with van der Waals surface area (Å²) < 4.78 is 0. The average molecular weight is 311 g/mol. The number of hydrazone groups is 1. The lowest BCUT2D eigenvalue weighted by Gasteiger charge is -2.11. The molecule has 0 saturated carbocycles. The van der Waals surface area contributed by atoms with Gasteiger partial charge in [-0.25, -0.2) is 4.98 Å². The molecule has 24 heavy (non-hydrogen) atoms. The van der Waals surface area contributed by atoms with Gasteiger partial charge in [0.15, 0.2) is 0 Å². The van der Waals surface area contributed by atoms with Gasteiger partial charge < -0.3 is 0 Å². The number of fused-ring (bicyclic) bond motifs is 2. The van der Waals surface area contributed by atoms with E-state index in [0.717, 1.165) is 38.8 Å². The van der Waals surface area contributed by atoms with Crippen LogP contribution in [0.15, 0.2) is 84.0 Å². The molecular formula is C21H17N3. The highest BCUT2D eigenvalue weighted by molar-refractivity contribution is 6.08. The summed E-state index contributed by atoms with van der Waals surface area (Å²) in [4.78, 5) is 4.74. The van der Waals surface area contributed by atoms with Gasteiger partial charge in [-0.05, 0) is 24.6 Å². The summed E-state index contributed by atoms with van der Waals surface area (Å²) in [5, 5.41) is 6.74. The molecule has 0 aliphatic carbocycles. The summed E-state index contributed by atoms with van der Waals surface area (Å²) in [6, 6.07) is 26.4. The number of benzene rings is 3. The molecule has 1 aromatic heterocycles. The monoisotopic (exact) mass is 311 g/mol. The number of pyridine rings is 1. The zero-order chi connectivity index (χ0) is 16.4. The van der Waals surface area contributed by atoms with Crippen molar-refractivity contribution in [3.63, 3.8) is 0 Å². The highest BCUT2D eigenvalue weighted by atomic mass is 15.3. The van der Waals surface area contributed by atoms with Crippen LogP contribution >= 0.6 is 0 Å². The van der Waals surface area contributed by atoms with Crippen molar-refractivity contribution in [3.8, 4) is 0 Å². The van der Waals surface area contributed by atoms with E-state index in [1.165, 1.54) is 0 Å². The molecule has 1 N–H and O–H groups in total. The number of para-hydroxylation sites is 2. The Hall–Kier alpha value is -3.20. The van der Waals surface area contributed by atoms with Crippen molar-refractivity contribution in [1.29, 1.82) is 0 Å². The zero-order valence-electron chi connectivity index (χ0n) is 13.4. The van der Waals surface area contributed by atoms with Crippen LogP contribution in [0, 0.1) is 0 Å². The molecule has 0 unspecified atom stereocenters. The fourth-order valence-corrected chi connectivity index (χ4v) is 2.84. The van der Waals surface area contributed by atoms with Crippen LogP contribution in [-0.2, 0) is 0 Å². The topological polar surface area (TPSA) is 37.3 Å². The van der Waals surface area contributed by atoms with E-state index in [-0.39, 0.29) is 0 Å². The Bertz CT molecular complexity index is 983. The van der Waals surface area contributed by atoms with Gasteiger partial charge in [-0.1, -0.05) is 66.7 Å². The van der Waals surface area contributed by atoms with Gasteiger partial charge in [-0.15, -0.1) is 0 Å². The second-order valence-electron chi connectivity index (χ2n) is 5.70. The lowest BCUT2D eigenvalue weighted by atomic mass is 10.1. The van der Waals surface area contributed by atoms with E-state index in [1.807, 2.05) is 61.5 Å². The second-order valence-corrected chi connectivity index (χ2v) is 5.70. The largest absolute Gasteiger partial charge is 0.277 e. The summed E-state index contributed by atoms with van der Waals surface area (Å²) in [7, 11) is 0. The molecule has 3 nitrogen and oxygen atoms in total. The molecular weight excluding hydrogens is 294 g/mol. The number of aromatic nitrogens is 1. The molecule has 0 atom stereocenters. The third kappa shape index (κ3) is 2.61. The first kappa shape index (κ1) is 14.4. The van der Waals surface area contributed by atoms with E-state index in [2.05, 4.69) is 34.8 Å². The number of hydrogen-bond donors (Lipinski definition) is 1. The van der Waals surface area contributed by atoms with Crippen molar-refractivity contribution < 1.29 is 0 Å². The van der Waals surface area contributed by atoms with Crippen LogP contribution in [0.1, 0.15) is 12.5 Å². The molecule has 0 saturated heterocycles. The molecule has 3 aromatic carbocycles. The van der Waals surface area contributed by atoms with Crippen molar-refractivity contribution in [2.45, 2.75) is 6.92 Å². The van der Waals surface area contributed by atoms with Crippen LogP contribution in [0.4, 0.5) is 5.69 Å². The first-order chi connectivity index (χ1) is 11.8. The van der Waals surface area contributed by atoms with Crippen molar-refractivity contribution in [2.75, 3.05) is 5.43 Å². The molecule has 4 aromatic rings. The van der Waals surface area contributed by atoms with Crippen LogP contribution < -0.4 is 5.43 Å². The van der Waals surface area contributed by atoms with Crippen molar-refractivity contribution in [2.24, 2.45) is 5.10 Å². The Morgan fingerprint density at radius 2 is 1.29 bits per heavy atom. The van der Waals surface area contributed by atoms with Gasteiger partial charge in [0.2, 0.25) is 0 Å². The predicted molar refractivity (Wildman–Crippen MR) is 102 cm³/mol. The van der Waals surface area contributed by atoms with E-state index in [9.17, 15) is 0 Å². The predicted octanol–water partition coefficient (Wildman–Crippen LogP) is 5.22. The van der Waals surface area contributed by atoms with Gasteiger partial charge in [-0.2, -0.15) is 5.10 Å². The fraction of sp³-hybridized carbons (Fsp3) is 0.0476. The Morgan fingerprint density at radius 3 is 1.92 bits per heavy atom. The molecule has 0 aliphatic heterocycles.